The number of rotatable bonds is 3. The van der Waals surface area contributed by atoms with E-state index < -0.39 is 23.4 Å². The fourth-order valence-corrected chi connectivity index (χ4v) is 2.15. The van der Waals surface area contributed by atoms with Gasteiger partial charge in [-0.1, -0.05) is 34.4 Å². The van der Waals surface area contributed by atoms with Crippen molar-refractivity contribution in [2.24, 2.45) is 12.2 Å². The van der Waals surface area contributed by atoms with Crippen LogP contribution in [0.4, 0.5) is 13.2 Å². The highest BCUT2D eigenvalue weighted by molar-refractivity contribution is 6.38. The van der Waals surface area contributed by atoms with E-state index in [1.165, 1.54) is 19.2 Å². The topological polar surface area (TPSA) is 56.5 Å². The number of halogens is 5. The summed E-state index contributed by atoms with van der Waals surface area (Å²) in [5.41, 5.74) is -1.83. The number of carbonyl (C=O) groups excluding carboxylic acids is 1. The van der Waals surface area contributed by atoms with Gasteiger partial charge in [0.05, 0.1) is 16.3 Å². The predicted octanol–water partition coefficient (Wildman–Crippen LogP) is 3.94. The van der Waals surface area contributed by atoms with Crippen molar-refractivity contribution in [2.45, 2.75) is 6.18 Å². The lowest BCUT2D eigenvalue weighted by Crippen LogP contribution is -2.13. The molecule has 0 amide bonds. The molecule has 1 heterocycles. The van der Waals surface area contributed by atoms with Crippen LogP contribution in [0.25, 0.3) is 0 Å². The Balaban J connectivity index is 2.19. The normalized spacial score (nSPS) is 11.9. The number of hydrogen-bond acceptors (Lipinski definition) is 4. The molecule has 5 nitrogen and oxygen atoms in total. The number of aromatic nitrogens is 2. The molecule has 0 saturated carbocycles. The van der Waals surface area contributed by atoms with E-state index in [-0.39, 0.29) is 15.6 Å². The Kier molecular flexibility index (Phi) is 4.96. The molecule has 0 unspecified atom stereocenters. The Morgan fingerprint density at radius 2 is 1.96 bits per heavy atom. The van der Waals surface area contributed by atoms with Crippen LogP contribution in [0.3, 0.4) is 0 Å². The van der Waals surface area contributed by atoms with E-state index in [0.29, 0.717) is 0 Å². The third-order valence-electron chi connectivity index (χ3n) is 2.63. The highest BCUT2D eigenvalue weighted by Gasteiger charge is 2.39. The van der Waals surface area contributed by atoms with Crippen molar-refractivity contribution in [1.82, 2.24) is 9.78 Å². The average Bonchev–Trinajstić information content (AvgIpc) is 2.84. The van der Waals surface area contributed by atoms with Gasteiger partial charge in [-0.15, -0.1) is 0 Å². The summed E-state index contributed by atoms with van der Waals surface area (Å²) >= 11 is 11.7. The fraction of sp³-hybridized carbons (Fsp3) is 0.154. The maximum absolute atomic E-state index is 12.8. The first-order chi connectivity index (χ1) is 10.7. The molecule has 0 saturated heterocycles. The zero-order valence-corrected chi connectivity index (χ0v) is 12.9. The second-order valence-electron chi connectivity index (χ2n) is 4.31. The number of benzene rings is 1. The van der Waals surface area contributed by atoms with Crippen LogP contribution in [0.1, 0.15) is 21.6 Å². The van der Waals surface area contributed by atoms with Gasteiger partial charge in [-0.3, -0.25) is 4.68 Å². The molecule has 0 aliphatic heterocycles. The van der Waals surface area contributed by atoms with E-state index in [4.69, 9.17) is 23.2 Å². The van der Waals surface area contributed by atoms with Crippen molar-refractivity contribution in [3.63, 3.8) is 0 Å². The van der Waals surface area contributed by atoms with E-state index in [2.05, 4.69) is 15.1 Å². The van der Waals surface area contributed by atoms with Gasteiger partial charge >= 0.3 is 12.1 Å². The van der Waals surface area contributed by atoms with Gasteiger partial charge in [-0.05, 0) is 12.1 Å². The lowest BCUT2D eigenvalue weighted by molar-refractivity contribution is -0.142. The molecule has 2 rings (SSSR count). The van der Waals surface area contributed by atoms with E-state index in [1.807, 2.05) is 0 Å². The SMILES string of the molecule is Cn1cc(C(=O)ON=Cc2c(Cl)cccc2Cl)c(C(F)(F)F)n1. The summed E-state index contributed by atoms with van der Waals surface area (Å²) < 4.78 is 39.1. The van der Waals surface area contributed by atoms with Crippen LogP contribution < -0.4 is 0 Å². The molecular formula is C13H8Cl2F3N3O2. The molecule has 0 fully saturated rings. The minimum absolute atomic E-state index is 0.245. The molecule has 0 aliphatic carbocycles. The van der Waals surface area contributed by atoms with Crippen LogP contribution in [0.15, 0.2) is 29.6 Å². The smallest absolute Gasteiger partial charge is 0.313 e. The minimum Gasteiger partial charge on any atom is -0.313 e. The molecule has 1 aromatic carbocycles. The second-order valence-corrected chi connectivity index (χ2v) is 5.13. The van der Waals surface area contributed by atoms with Crippen LogP contribution in [-0.4, -0.2) is 22.0 Å². The van der Waals surface area contributed by atoms with Gasteiger partial charge in [0.15, 0.2) is 5.69 Å². The molecule has 0 N–H and O–H groups in total. The largest absolute Gasteiger partial charge is 0.436 e. The molecule has 122 valence electrons. The second kappa shape index (κ2) is 6.59. The molecule has 0 atom stereocenters. The number of aryl methyl sites for hydroxylation is 1. The van der Waals surface area contributed by atoms with Crippen molar-refractivity contribution in [3.8, 4) is 0 Å². The first kappa shape index (κ1) is 17.3. The Labute approximate surface area is 138 Å². The standard InChI is InChI=1S/C13H8Cl2F3N3O2/c1-21-6-8(11(20-21)13(16,17)18)12(22)23-19-5-7-9(14)3-2-4-10(7)15/h2-6H,1H3. The van der Waals surface area contributed by atoms with Gasteiger partial charge in [0.2, 0.25) is 0 Å². The van der Waals surface area contributed by atoms with Gasteiger partial charge in [0, 0.05) is 18.8 Å². The third-order valence-corrected chi connectivity index (χ3v) is 3.29. The third kappa shape index (κ3) is 4.02. The molecule has 0 bridgehead atoms. The molecule has 1 aromatic heterocycles. The predicted molar refractivity (Wildman–Crippen MR) is 77.7 cm³/mol. The highest BCUT2D eigenvalue weighted by atomic mass is 35.5. The Bertz CT molecular complexity index is 752. The zero-order chi connectivity index (χ0) is 17.2. The van der Waals surface area contributed by atoms with E-state index in [9.17, 15) is 18.0 Å². The van der Waals surface area contributed by atoms with Crippen LogP contribution in [0.5, 0.6) is 0 Å². The van der Waals surface area contributed by atoms with Crippen LogP contribution >= 0.6 is 23.2 Å². The van der Waals surface area contributed by atoms with Gasteiger partial charge < -0.3 is 4.84 Å². The lowest BCUT2D eigenvalue weighted by Gasteiger charge is -2.04. The number of nitrogens with zero attached hydrogens (tertiary/aromatic N) is 3. The zero-order valence-electron chi connectivity index (χ0n) is 11.4. The minimum atomic E-state index is -4.79. The van der Waals surface area contributed by atoms with Crippen LogP contribution in [0.2, 0.25) is 10.0 Å². The van der Waals surface area contributed by atoms with E-state index >= 15 is 0 Å². The highest BCUT2D eigenvalue weighted by Crippen LogP contribution is 2.31. The fourth-order valence-electron chi connectivity index (χ4n) is 1.66. The molecule has 23 heavy (non-hydrogen) atoms. The molecule has 0 radical (unpaired) electrons. The van der Waals surface area contributed by atoms with Gasteiger partial charge in [0.25, 0.3) is 0 Å². The van der Waals surface area contributed by atoms with Gasteiger partial charge in [-0.25, -0.2) is 4.79 Å². The molecule has 0 spiro atoms. The summed E-state index contributed by atoms with van der Waals surface area (Å²) in [7, 11) is 1.25. The Morgan fingerprint density at radius 1 is 1.35 bits per heavy atom. The van der Waals surface area contributed by atoms with Crippen molar-refractivity contribution < 1.29 is 22.8 Å². The summed E-state index contributed by atoms with van der Waals surface area (Å²) in [6.45, 7) is 0. The van der Waals surface area contributed by atoms with Crippen molar-refractivity contribution >= 4 is 35.4 Å². The van der Waals surface area contributed by atoms with Crippen molar-refractivity contribution in [1.29, 1.82) is 0 Å². The molecule has 10 heteroatoms. The molecule has 2 aromatic rings. The number of carbonyl (C=O) groups is 1. The summed E-state index contributed by atoms with van der Waals surface area (Å²) in [4.78, 5) is 16.2. The van der Waals surface area contributed by atoms with Crippen molar-refractivity contribution in [3.05, 3.63) is 51.3 Å². The first-order valence-electron chi connectivity index (χ1n) is 5.99. The summed E-state index contributed by atoms with van der Waals surface area (Å²) in [5, 5.41) is 7.01. The Hall–Kier alpha value is -2.06. The number of alkyl halides is 3. The summed E-state index contributed by atoms with van der Waals surface area (Å²) in [6, 6.07) is 4.65. The Morgan fingerprint density at radius 3 is 2.52 bits per heavy atom. The van der Waals surface area contributed by atoms with Crippen LogP contribution in [-0.2, 0) is 18.1 Å². The van der Waals surface area contributed by atoms with E-state index in [0.717, 1.165) is 17.1 Å². The van der Waals surface area contributed by atoms with Crippen LogP contribution in [0, 0.1) is 0 Å². The van der Waals surface area contributed by atoms with Crippen molar-refractivity contribution in [2.75, 3.05) is 0 Å². The average molecular weight is 366 g/mol. The summed E-state index contributed by atoms with van der Waals surface area (Å²) in [5.74, 6) is -1.30. The van der Waals surface area contributed by atoms with Gasteiger partial charge in [-0.2, -0.15) is 18.3 Å². The number of oxime groups is 1. The lowest BCUT2D eigenvalue weighted by atomic mass is 10.2. The number of hydrogen-bond donors (Lipinski definition) is 0. The molecule has 0 aliphatic rings. The first-order valence-corrected chi connectivity index (χ1v) is 6.75. The summed E-state index contributed by atoms with van der Waals surface area (Å²) in [6.07, 6.45) is -2.86. The maximum atomic E-state index is 12.8. The van der Waals surface area contributed by atoms with Gasteiger partial charge in [0.1, 0.15) is 5.56 Å². The quantitative estimate of drug-likeness (QED) is 0.470. The molecular weight excluding hydrogens is 358 g/mol. The van der Waals surface area contributed by atoms with E-state index in [1.54, 1.807) is 6.07 Å². The monoisotopic (exact) mass is 365 g/mol. The maximum Gasteiger partial charge on any atom is 0.436 e.